The average molecular weight is 502 g/mol. The summed E-state index contributed by atoms with van der Waals surface area (Å²) in [6.45, 7) is 12.9. The molecule has 0 aliphatic rings. The summed E-state index contributed by atoms with van der Waals surface area (Å²) < 4.78 is 13.9. The summed E-state index contributed by atoms with van der Waals surface area (Å²) >= 11 is 3.58. The molecule has 0 atom stereocenters. The molecule has 0 bridgehead atoms. The van der Waals surface area contributed by atoms with Gasteiger partial charge in [-0.3, -0.25) is 9.20 Å². The van der Waals surface area contributed by atoms with Gasteiger partial charge >= 0.3 is 5.97 Å². The fraction of sp³-hybridized carbons (Fsp3) is 0.440. The van der Waals surface area contributed by atoms with Crippen LogP contribution in [-0.4, -0.2) is 28.0 Å². The molecule has 2 aromatic heterocycles. The van der Waals surface area contributed by atoms with Crippen LogP contribution in [0.2, 0.25) is 0 Å². The lowest BCUT2D eigenvalue weighted by Gasteiger charge is -2.34. The lowest BCUT2D eigenvalue weighted by atomic mass is 9.82. The van der Waals surface area contributed by atoms with Gasteiger partial charge < -0.3 is 14.8 Å². The van der Waals surface area contributed by atoms with Gasteiger partial charge in [0.25, 0.3) is 0 Å². The van der Waals surface area contributed by atoms with Crippen molar-refractivity contribution >= 4 is 33.4 Å². The maximum Gasteiger partial charge on any atom is 0.311 e. The number of benzene rings is 1. The van der Waals surface area contributed by atoms with Crippen LogP contribution in [0.5, 0.6) is 11.5 Å². The van der Waals surface area contributed by atoms with Gasteiger partial charge in [0.05, 0.1) is 7.11 Å². The summed E-state index contributed by atoms with van der Waals surface area (Å²) in [4.78, 5) is 16.7. The van der Waals surface area contributed by atoms with Crippen LogP contribution in [0.25, 0.3) is 16.9 Å². The number of halogens is 1. The summed E-state index contributed by atoms with van der Waals surface area (Å²) in [7, 11) is 1.56. The van der Waals surface area contributed by atoms with E-state index in [0.717, 1.165) is 33.6 Å². The number of imidazole rings is 1. The van der Waals surface area contributed by atoms with Crippen LogP contribution < -0.4 is 14.8 Å². The third kappa shape index (κ3) is 5.63. The molecule has 0 spiro atoms. The van der Waals surface area contributed by atoms with Crippen LogP contribution in [0.4, 0.5) is 5.82 Å². The Balaban J connectivity index is 2.12. The average Bonchev–Trinajstić information content (AvgIpc) is 3.03. The van der Waals surface area contributed by atoms with Gasteiger partial charge in [0.2, 0.25) is 0 Å². The Morgan fingerprint density at radius 2 is 1.84 bits per heavy atom. The van der Waals surface area contributed by atoms with E-state index in [9.17, 15) is 4.79 Å². The Morgan fingerprint density at radius 1 is 1.12 bits per heavy atom. The van der Waals surface area contributed by atoms with Crippen molar-refractivity contribution in [2.24, 2.45) is 5.41 Å². The van der Waals surface area contributed by atoms with Gasteiger partial charge in [-0.25, -0.2) is 4.98 Å². The molecule has 0 saturated heterocycles. The van der Waals surface area contributed by atoms with E-state index in [1.165, 1.54) is 0 Å². The number of methoxy groups -OCH3 is 1. The Labute approximate surface area is 198 Å². The van der Waals surface area contributed by atoms with Crippen LogP contribution in [0.15, 0.2) is 41.0 Å². The van der Waals surface area contributed by atoms with Crippen molar-refractivity contribution in [3.63, 3.8) is 0 Å². The third-order valence-electron chi connectivity index (χ3n) is 4.96. The standard InChI is InChI=1S/C25H32BrN3O3/c1-8-21(30)32-18-11-9-16(13-19(18)31-7)22-23(28-25(5,6)15-24(2,3)4)29-14-17(26)10-12-20(29)27-22/h9-14,28H,8,15H2,1-7H3. The first-order chi connectivity index (χ1) is 14.9. The highest BCUT2D eigenvalue weighted by atomic mass is 79.9. The van der Waals surface area contributed by atoms with E-state index in [0.29, 0.717) is 17.9 Å². The molecule has 1 N–H and O–H groups in total. The summed E-state index contributed by atoms with van der Waals surface area (Å²) in [5.74, 6) is 1.48. The molecule has 0 aliphatic heterocycles. The molecule has 7 heteroatoms. The number of hydrogen-bond donors (Lipinski definition) is 1. The number of carbonyl (C=O) groups is 1. The maximum atomic E-state index is 11.8. The largest absolute Gasteiger partial charge is 0.493 e. The number of anilines is 1. The monoisotopic (exact) mass is 501 g/mol. The second-order valence-corrected chi connectivity index (χ2v) is 10.7. The highest BCUT2D eigenvalue weighted by Gasteiger charge is 2.28. The lowest BCUT2D eigenvalue weighted by Crippen LogP contribution is -2.36. The van der Waals surface area contributed by atoms with Crippen molar-refractivity contribution < 1.29 is 14.3 Å². The predicted octanol–water partition coefficient (Wildman–Crippen LogP) is 6.71. The number of nitrogens with one attached hydrogen (secondary N) is 1. The molecule has 3 rings (SSSR count). The first kappa shape index (κ1) is 24.1. The number of pyridine rings is 1. The fourth-order valence-electron chi connectivity index (χ4n) is 4.12. The van der Waals surface area contributed by atoms with Gasteiger partial charge in [-0.2, -0.15) is 0 Å². The summed E-state index contributed by atoms with van der Waals surface area (Å²) in [6, 6.07) is 9.47. The van der Waals surface area contributed by atoms with Crippen molar-refractivity contribution in [1.29, 1.82) is 0 Å². The zero-order valence-electron chi connectivity index (χ0n) is 19.9. The minimum absolute atomic E-state index is 0.158. The van der Waals surface area contributed by atoms with Gasteiger partial charge in [-0.15, -0.1) is 0 Å². The van der Waals surface area contributed by atoms with Crippen molar-refractivity contribution in [2.75, 3.05) is 12.4 Å². The summed E-state index contributed by atoms with van der Waals surface area (Å²) in [5, 5.41) is 3.74. The third-order valence-corrected chi connectivity index (χ3v) is 5.43. The molecule has 0 radical (unpaired) electrons. The number of esters is 1. The van der Waals surface area contributed by atoms with Crippen molar-refractivity contribution in [2.45, 2.75) is 59.9 Å². The zero-order chi connectivity index (χ0) is 23.7. The smallest absolute Gasteiger partial charge is 0.311 e. The maximum absolute atomic E-state index is 11.8. The molecule has 0 fully saturated rings. The molecule has 3 aromatic rings. The predicted molar refractivity (Wildman–Crippen MR) is 133 cm³/mol. The van der Waals surface area contributed by atoms with E-state index in [1.54, 1.807) is 20.1 Å². The van der Waals surface area contributed by atoms with Crippen LogP contribution in [0.3, 0.4) is 0 Å². The molecular formula is C25H32BrN3O3. The van der Waals surface area contributed by atoms with E-state index < -0.39 is 0 Å². The van der Waals surface area contributed by atoms with Gasteiger partial charge in [0.1, 0.15) is 17.2 Å². The highest BCUT2D eigenvalue weighted by Crippen LogP contribution is 2.38. The minimum atomic E-state index is -0.306. The number of hydrogen-bond acceptors (Lipinski definition) is 5. The molecule has 0 unspecified atom stereocenters. The Bertz CT molecular complexity index is 1130. The number of nitrogens with zero attached hydrogens (tertiary/aromatic N) is 2. The van der Waals surface area contributed by atoms with Crippen LogP contribution >= 0.6 is 15.9 Å². The van der Waals surface area contributed by atoms with E-state index in [-0.39, 0.29) is 16.9 Å². The molecule has 172 valence electrons. The molecular weight excluding hydrogens is 470 g/mol. The Hall–Kier alpha value is -2.54. The molecule has 2 heterocycles. The summed E-state index contributed by atoms with van der Waals surface area (Å²) in [6.07, 6.45) is 3.27. The van der Waals surface area contributed by atoms with Crippen LogP contribution in [-0.2, 0) is 4.79 Å². The second kappa shape index (κ2) is 9.14. The molecule has 0 aliphatic carbocycles. The van der Waals surface area contributed by atoms with Crippen molar-refractivity contribution in [3.8, 4) is 22.8 Å². The van der Waals surface area contributed by atoms with Gasteiger partial charge in [0.15, 0.2) is 11.5 Å². The van der Waals surface area contributed by atoms with Gasteiger partial charge in [-0.05, 0) is 71.9 Å². The van der Waals surface area contributed by atoms with Gasteiger partial charge in [-0.1, -0.05) is 27.7 Å². The SMILES string of the molecule is CCC(=O)Oc1ccc(-c2nc3ccc(Br)cn3c2NC(C)(C)CC(C)(C)C)cc1OC. The number of fused-ring (bicyclic) bond motifs is 1. The van der Waals surface area contributed by atoms with Crippen LogP contribution in [0, 0.1) is 5.41 Å². The molecule has 32 heavy (non-hydrogen) atoms. The van der Waals surface area contributed by atoms with Crippen LogP contribution in [0.1, 0.15) is 54.4 Å². The molecule has 6 nitrogen and oxygen atoms in total. The van der Waals surface area contributed by atoms with Crippen molar-refractivity contribution in [1.82, 2.24) is 9.38 Å². The highest BCUT2D eigenvalue weighted by molar-refractivity contribution is 9.10. The molecule has 0 saturated carbocycles. The molecule has 1 aromatic carbocycles. The number of ether oxygens (including phenoxy) is 2. The lowest BCUT2D eigenvalue weighted by molar-refractivity contribution is -0.134. The van der Waals surface area contributed by atoms with E-state index in [4.69, 9.17) is 14.5 Å². The number of aromatic nitrogens is 2. The minimum Gasteiger partial charge on any atom is -0.493 e. The van der Waals surface area contributed by atoms with E-state index in [1.807, 2.05) is 30.5 Å². The number of rotatable bonds is 7. The summed E-state index contributed by atoms with van der Waals surface area (Å²) in [5.41, 5.74) is 2.49. The topological polar surface area (TPSA) is 64.9 Å². The Morgan fingerprint density at radius 3 is 2.47 bits per heavy atom. The van der Waals surface area contributed by atoms with Gasteiger partial charge in [0, 0.05) is 28.2 Å². The van der Waals surface area contributed by atoms with Crippen molar-refractivity contribution in [3.05, 3.63) is 41.0 Å². The molecule has 0 amide bonds. The second-order valence-electron chi connectivity index (χ2n) is 9.82. The normalized spacial score (nSPS) is 12.1. The van der Waals surface area contributed by atoms with E-state index >= 15 is 0 Å². The Kier molecular flexibility index (Phi) is 6.89. The quantitative estimate of drug-likeness (QED) is 0.287. The zero-order valence-corrected chi connectivity index (χ0v) is 21.5. The first-order valence-electron chi connectivity index (χ1n) is 10.8. The number of carbonyl (C=O) groups excluding carboxylic acids is 1. The first-order valence-corrected chi connectivity index (χ1v) is 11.6. The van der Waals surface area contributed by atoms with E-state index in [2.05, 4.69) is 60.3 Å². The fourth-order valence-corrected chi connectivity index (χ4v) is 4.46.